The van der Waals surface area contributed by atoms with Crippen LogP contribution in [0.2, 0.25) is 0 Å². The van der Waals surface area contributed by atoms with Crippen molar-refractivity contribution in [3.63, 3.8) is 0 Å². The molecule has 0 saturated heterocycles. The summed E-state index contributed by atoms with van der Waals surface area (Å²) in [6, 6.07) is 14.3. The van der Waals surface area contributed by atoms with Crippen molar-refractivity contribution in [2.24, 2.45) is 0 Å². The van der Waals surface area contributed by atoms with Gasteiger partial charge in [0, 0.05) is 25.2 Å². The van der Waals surface area contributed by atoms with Crippen molar-refractivity contribution in [2.75, 3.05) is 0 Å². The summed E-state index contributed by atoms with van der Waals surface area (Å²) >= 11 is 0. The van der Waals surface area contributed by atoms with Crippen molar-refractivity contribution in [3.05, 3.63) is 70.3 Å². The van der Waals surface area contributed by atoms with E-state index in [1.54, 1.807) is 0 Å². The van der Waals surface area contributed by atoms with E-state index in [1.165, 1.54) is 16.7 Å². The smallest absolute Gasteiger partial charge is 0.251 e. The molecule has 2 aromatic rings. The number of hydrogen-bond donors (Lipinski definition) is 2. The molecule has 0 spiro atoms. The van der Waals surface area contributed by atoms with Gasteiger partial charge in [-0.1, -0.05) is 44.2 Å². The van der Waals surface area contributed by atoms with Crippen LogP contribution in [0.1, 0.15) is 52.4 Å². The molecule has 2 aromatic carbocycles. The number of carbonyl (C=O) groups excluding carboxylic acids is 1. The van der Waals surface area contributed by atoms with Crippen LogP contribution in [0.3, 0.4) is 0 Å². The number of amides is 1. The minimum Gasteiger partial charge on any atom is -0.348 e. The molecule has 1 heterocycles. The van der Waals surface area contributed by atoms with Crippen molar-refractivity contribution in [1.82, 2.24) is 10.6 Å². The lowest BCUT2D eigenvalue weighted by Gasteiger charge is -2.09. The van der Waals surface area contributed by atoms with Gasteiger partial charge in [-0.3, -0.25) is 4.79 Å². The van der Waals surface area contributed by atoms with Gasteiger partial charge in [0.25, 0.3) is 5.91 Å². The molecule has 0 fully saturated rings. The average Bonchev–Trinajstić information content (AvgIpc) is 3.00. The van der Waals surface area contributed by atoms with Gasteiger partial charge in [0.05, 0.1) is 0 Å². The predicted molar refractivity (Wildman–Crippen MR) is 88.7 cm³/mol. The van der Waals surface area contributed by atoms with Crippen LogP contribution < -0.4 is 10.6 Å². The quantitative estimate of drug-likeness (QED) is 0.908. The highest BCUT2D eigenvalue weighted by atomic mass is 16.1. The summed E-state index contributed by atoms with van der Waals surface area (Å²) in [6.45, 7) is 6.74. The molecule has 22 heavy (non-hydrogen) atoms. The average molecular weight is 294 g/mol. The Balaban J connectivity index is 1.62. The second-order valence-corrected chi connectivity index (χ2v) is 6.17. The Bertz CT molecular complexity index is 674. The van der Waals surface area contributed by atoms with Crippen molar-refractivity contribution in [3.8, 4) is 0 Å². The predicted octanol–water partition coefficient (Wildman–Crippen LogP) is 3.34. The van der Waals surface area contributed by atoms with Gasteiger partial charge in [-0.2, -0.15) is 0 Å². The number of nitrogens with one attached hydrogen (secondary N) is 2. The minimum absolute atomic E-state index is 0.0195. The number of carbonyl (C=O) groups is 1. The summed E-state index contributed by atoms with van der Waals surface area (Å²) in [5.41, 5.74) is 5.82. The van der Waals surface area contributed by atoms with E-state index in [2.05, 4.69) is 42.7 Å². The van der Waals surface area contributed by atoms with E-state index in [0.717, 1.165) is 18.7 Å². The van der Waals surface area contributed by atoms with Crippen LogP contribution in [-0.4, -0.2) is 5.91 Å². The number of benzene rings is 2. The van der Waals surface area contributed by atoms with Crippen LogP contribution in [-0.2, 0) is 19.6 Å². The molecular weight excluding hydrogens is 272 g/mol. The van der Waals surface area contributed by atoms with Crippen molar-refractivity contribution in [2.45, 2.75) is 39.4 Å². The molecule has 3 heteroatoms. The lowest BCUT2D eigenvalue weighted by atomic mass is 10.0. The number of fused-ring (bicyclic) bond motifs is 1. The summed E-state index contributed by atoms with van der Waals surface area (Å²) in [4.78, 5) is 12.2. The van der Waals surface area contributed by atoms with Gasteiger partial charge in [-0.05, 0) is 40.3 Å². The molecule has 114 valence electrons. The van der Waals surface area contributed by atoms with Crippen LogP contribution in [0.5, 0.6) is 0 Å². The zero-order valence-electron chi connectivity index (χ0n) is 13.1. The van der Waals surface area contributed by atoms with Gasteiger partial charge in [0.15, 0.2) is 0 Å². The van der Waals surface area contributed by atoms with Gasteiger partial charge in [0.1, 0.15) is 0 Å². The maximum Gasteiger partial charge on any atom is 0.251 e. The molecule has 2 N–H and O–H groups in total. The van der Waals surface area contributed by atoms with E-state index < -0.39 is 0 Å². The van der Waals surface area contributed by atoms with Gasteiger partial charge in [0.2, 0.25) is 0 Å². The fourth-order valence-corrected chi connectivity index (χ4v) is 2.76. The van der Waals surface area contributed by atoms with Gasteiger partial charge >= 0.3 is 0 Å². The summed E-state index contributed by atoms with van der Waals surface area (Å²) in [5, 5.41) is 6.33. The van der Waals surface area contributed by atoms with Crippen molar-refractivity contribution in [1.29, 1.82) is 0 Å². The Morgan fingerprint density at radius 3 is 2.55 bits per heavy atom. The largest absolute Gasteiger partial charge is 0.348 e. The monoisotopic (exact) mass is 294 g/mol. The molecule has 1 aliphatic heterocycles. The highest BCUT2D eigenvalue weighted by Gasteiger charge is 2.11. The molecule has 0 aliphatic carbocycles. The second-order valence-electron chi connectivity index (χ2n) is 6.17. The molecular formula is C19H22N2O. The van der Waals surface area contributed by atoms with Gasteiger partial charge < -0.3 is 10.6 Å². The van der Waals surface area contributed by atoms with Crippen LogP contribution in [0.15, 0.2) is 42.5 Å². The van der Waals surface area contributed by atoms with Crippen molar-refractivity contribution < 1.29 is 4.79 Å². The summed E-state index contributed by atoms with van der Waals surface area (Å²) in [7, 11) is 0. The first-order chi connectivity index (χ1) is 10.6. The molecule has 0 unspecified atom stereocenters. The fourth-order valence-electron chi connectivity index (χ4n) is 2.76. The van der Waals surface area contributed by atoms with E-state index in [1.807, 2.05) is 24.3 Å². The third-order valence-corrected chi connectivity index (χ3v) is 4.19. The second kappa shape index (κ2) is 6.32. The third-order valence-electron chi connectivity index (χ3n) is 4.19. The molecule has 0 bridgehead atoms. The molecule has 0 atom stereocenters. The normalized spacial score (nSPS) is 13.2. The zero-order valence-corrected chi connectivity index (χ0v) is 13.1. The summed E-state index contributed by atoms with van der Waals surface area (Å²) in [5.74, 6) is 0.464. The Morgan fingerprint density at radius 1 is 1.09 bits per heavy atom. The van der Waals surface area contributed by atoms with E-state index in [0.29, 0.717) is 18.0 Å². The summed E-state index contributed by atoms with van der Waals surface area (Å²) in [6.07, 6.45) is 0. The van der Waals surface area contributed by atoms with E-state index >= 15 is 0 Å². The van der Waals surface area contributed by atoms with Gasteiger partial charge in [-0.25, -0.2) is 0 Å². The maximum atomic E-state index is 12.2. The topological polar surface area (TPSA) is 41.1 Å². The van der Waals surface area contributed by atoms with Crippen LogP contribution in [0.4, 0.5) is 0 Å². The Hall–Kier alpha value is -2.13. The molecule has 0 saturated carbocycles. The molecule has 3 nitrogen and oxygen atoms in total. The molecule has 0 aromatic heterocycles. The fraction of sp³-hybridized carbons (Fsp3) is 0.316. The van der Waals surface area contributed by atoms with E-state index in [4.69, 9.17) is 0 Å². The number of rotatable bonds is 4. The van der Waals surface area contributed by atoms with E-state index in [-0.39, 0.29) is 5.91 Å². The van der Waals surface area contributed by atoms with E-state index in [9.17, 15) is 4.79 Å². The van der Waals surface area contributed by atoms with Gasteiger partial charge in [-0.15, -0.1) is 0 Å². The van der Waals surface area contributed by atoms with Crippen LogP contribution >= 0.6 is 0 Å². The Kier molecular flexibility index (Phi) is 4.25. The highest BCUT2D eigenvalue weighted by molar-refractivity contribution is 5.94. The van der Waals surface area contributed by atoms with Crippen LogP contribution in [0, 0.1) is 0 Å². The lowest BCUT2D eigenvalue weighted by Crippen LogP contribution is -2.22. The first-order valence-corrected chi connectivity index (χ1v) is 7.83. The molecule has 1 amide bonds. The lowest BCUT2D eigenvalue weighted by molar-refractivity contribution is 0.0951. The summed E-state index contributed by atoms with van der Waals surface area (Å²) < 4.78 is 0. The first kappa shape index (κ1) is 14.8. The zero-order chi connectivity index (χ0) is 15.5. The van der Waals surface area contributed by atoms with Crippen LogP contribution in [0.25, 0.3) is 0 Å². The number of hydrogen-bond acceptors (Lipinski definition) is 2. The molecule has 1 aliphatic rings. The SMILES string of the molecule is CC(C)c1ccc(C(=O)NCc2ccc3c(c2)CNC3)cc1. The standard InChI is InChI=1S/C19H22N2O/c1-13(2)15-5-7-16(8-6-15)19(22)21-10-14-3-4-17-11-20-12-18(17)9-14/h3-9,13,20H,10-12H2,1-2H3,(H,21,22). The first-order valence-electron chi connectivity index (χ1n) is 7.83. The Morgan fingerprint density at radius 2 is 1.82 bits per heavy atom. The third kappa shape index (κ3) is 3.20. The molecule has 3 rings (SSSR count). The highest BCUT2D eigenvalue weighted by Crippen LogP contribution is 2.17. The maximum absolute atomic E-state index is 12.2. The Labute approximate surface area is 131 Å². The molecule has 0 radical (unpaired) electrons. The van der Waals surface area contributed by atoms with Crippen molar-refractivity contribution >= 4 is 5.91 Å². The minimum atomic E-state index is -0.0195.